The topological polar surface area (TPSA) is 63.8 Å². The van der Waals surface area contributed by atoms with Gasteiger partial charge < -0.3 is 5.11 Å². The highest BCUT2D eigenvalue weighted by molar-refractivity contribution is 5.39. The molecule has 24 heavy (non-hydrogen) atoms. The van der Waals surface area contributed by atoms with Gasteiger partial charge in [-0.2, -0.15) is 0 Å². The Hall–Kier alpha value is -2.67. The minimum Gasteiger partial charge on any atom is -0.380 e. The molecule has 1 N–H and O–H groups in total. The summed E-state index contributed by atoms with van der Waals surface area (Å²) in [5.74, 6) is -0.930. The zero-order chi connectivity index (χ0) is 17.3. The molecular weight excluding hydrogens is 314 g/mol. The zero-order valence-electron chi connectivity index (χ0n) is 13.2. The number of rotatable bonds is 4. The van der Waals surface area contributed by atoms with Crippen LogP contribution in [0.2, 0.25) is 0 Å². The largest absolute Gasteiger partial charge is 0.380 e. The molecule has 3 aromatic rings. The van der Waals surface area contributed by atoms with Gasteiger partial charge in [0.1, 0.15) is 17.2 Å². The lowest BCUT2D eigenvalue weighted by Gasteiger charge is -2.34. The molecule has 0 radical (unpaired) electrons. The Bertz CT molecular complexity index is 785. The van der Waals surface area contributed by atoms with Crippen molar-refractivity contribution in [2.45, 2.75) is 18.4 Å². The summed E-state index contributed by atoms with van der Waals surface area (Å²) in [4.78, 5) is 0. The average molecular weight is 330 g/mol. The van der Waals surface area contributed by atoms with Crippen molar-refractivity contribution in [1.29, 1.82) is 0 Å². The van der Waals surface area contributed by atoms with E-state index in [4.69, 9.17) is 0 Å². The molecule has 0 aliphatic rings. The Balaban J connectivity index is 2.18. The second-order valence-corrected chi connectivity index (χ2v) is 5.66. The lowest BCUT2D eigenvalue weighted by Crippen LogP contribution is -2.35. The highest BCUT2D eigenvalue weighted by Gasteiger charge is 2.41. The molecule has 0 aliphatic heterocycles. The van der Waals surface area contributed by atoms with Crippen molar-refractivity contribution < 1.29 is 13.9 Å². The van der Waals surface area contributed by atoms with E-state index < -0.39 is 23.2 Å². The van der Waals surface area contributed by atoms with Crippen LogP contribution in [0, 0.1) is 11.6 Å². The summed E-state index contributed by atoms with van der Waals surface area (Å²) in [6, 6.07) is 11.1. The average Bonchev–Trinajstić information content (AvgIpc) is 3.00. The van der Waals surface area contributed by atoms with Gasteiger partial charge in [-0.15, -0.1) is 5.10 Å². The van der Waals surface area contributed by atoms with Crippen LogP contribution in [0.3, 0.4) is 0 Å². The van der Waals surface area contributed by atoms with Gasteiger partial charge in [-0.05, 0) is 45.8 Å². The molecule has 124 valence electrons. The van der Waals surface area contributed by atoms with Crippen LogP contribution in [-0.4, -0.2) is 25.3 Å². The maximum Gasteiger partial charge on any atom is 0.157 e. The Kier molecular flexibility index (Phi) is 4.11. The summed E-state index contributed by atoms with van der Waals surface area (Å²) in [7, 11) is 1.67. The molecule has 2 aromatic carbocycles. The molecule has 0 fully saturated rings. The Morgan fingerprint density at radius 2 is 1.42 bits per heavy atom. The molecule has 3 rings (SSSR count). The second kappa shape index (κ2) is 6.09. The molecule has 0 saturated heterocycles. The molecule has 0 aliphatic carbocycles. The molecular formula is C17H16F2N4O. The summed E-state index contributed by atoms with van der Waals surface area (Å²) in [5.41, 5.74) is -0.624. The first-order valence-electron chi connectivity index (χ1n) is 7.39. The molecule has 7 heteroatoms. The van der Waals surface area contributed by atoms with E-state index in [0.29, 0.717) is 17.0 Å². The van der Waals surface area contributed by atoms with Crippen molar-refractivity contribution >= 4 is 0 Å². The van der Waals surface area contributed by atoms with Crippen LogP contribution in [0.25, 0.3) is 0 Å². The van der Waals surface area contributed by atoms with Crippen LogP contribution in [0.15, 0.2) is 48.5 Å². The molecule has 0 saturated carbocycles. The standard InChI is InChI=1S/C17H16F2N4O/c1-11(16-20-21-22-23(16)2)17(24,12-3-7-14(18)8-4-12)13-5-9-15(19)10-6-13/h3-11,24H,1-2H3. The second-order valence-electron chi connectivity index (χ2n) is 5.66. The number of aliphatic hydroxyl groups is 1. The van der Waals surface area contributed by atoms with Gasteiger partial charge >= 0.3 is 0 Å². The fraction of sp³-hybridized carbons (Fsp3) is 0.235. The van der Waals surface area contributed by atoms with Crippen LogP contribution in [-0.2, 0) is 12.6 Å². The van der Waals surface area contributed by atoms with Gasteiger partial charge in [0, 0.05) is 7.05 Å². The van der Waals surface area contributed by atoms with Crippen LogP contribution in [0.4, 0.5) is 8.78 Å². The minimum absolute atomic E-state index is 0.409. The normalized spacial score (nSPS) is 13.0. The van der Waals surface area contributed by atoms with E-state index in [0.717, 1.165) is 0 Å². The predicted molar refractivity (Wildman–Crippen MR) is 83.0 cm³/mol. The number of hydrogen-bond donors (Lipinski definition) is 1. The Morgan fingerprint density at radius 1 is 0.958 bits per heavy atom. The highest BCUT2D eigenvalue weighted by Crippen LogP contribution is 2.41. The lowest BCUT2D eigenvalue weighted by atomic mass is 9.76. The van der Waals surface area contributed by atoms with Crippen molar-refractivity contribution in [2.75, 3.05) is 0 Å². The van der Waals surface area contributed by atoms with Gasteiger partial charge in [0.2, 0.25) is 0 Å². The first-order chi connectivity index (χ1) is 11.4. The third kappa shape index (κ3) is 2.67. The fourth-order valence-electron chi connectivity index (χ4n) is 2.86. The fourth-order valence-corrected chi connectivity index (χ4v) is 2.86. The smallest absolute Gasteiger partial charge is 0.157 e. The molecule has 0 amide bonds. The van der Waals surface area contributed by atoms with Crippen LogP contribution >= 0.6 is 0 Å². The number of aryl methyl sites for hydroxylation is 1. The summed E-state index contributed by atoms with van der Waals surface area (Å²) in [5, 5.41) is 22.9. The highest BCUT2D eigenvalue weighted by atomic mass is 19.1. The van der Waals surface area contributed by atoms with Crippen LogP contribution in [0.1, 0.15) is 29.8 Å². The van der Waals surface area contributed by atoms with Gasteiger partial charge in [0.25, 0.3) is 0 Å². The molecule has 5 nitrogen and oxygen atoms in total. The maximum atomic E-state index is 13.3. The minimum atomic E-state index is -1.55. The lowest BCUT2D eigenvalue weighted by molar-refractivity contribution is 0.0511. The van der Waals surface area contributed by atoms with Crippen LogP contribution < -0.4 is 0 Å². The number of aromatic nitrogens is 4. The molecule has 1 aromatic heterocycles. The van der Waals surface area contributed by atoms with E-state index in [2.05, 4.69) is 15.5 Å². The Morgan fingerprint density at radius 3 is 1.79 bits per heavy atom. The van der Waals surface area contributed by atoms with E-state index in [1.165, 1.54) is 53.2 Å². The van der Waals surface area contributed by atoms with E-state index in [-0.39, 0.29) is 0 Å². The molecule has 0 bridgehead atoms. The quantitative estimate of drug-likeness (QED) is 0.798. The third-order valence-corrected chi connectivity index (χ3v) is 4.24. The zero-order valence-corrected chi connectivity index (χ0v) is 13.2. The SMILES string of the molecule is CC(c1nnnn1C)C(O)(c1ccc(F)cc1)c1ccc(F)cc1. The molecule has 1 atom stereocenters. The number of halogens is 2. The van der Waals surface area contributed by atoms with E-state index in [9.17, 15) is 13.9 Å². The van der Waals surface area contributed by atoms with Crippen molar-refractivity contribution in [2.24, 2.45) is 7.05 Å². The van der Waals surface area contributed by atoms with Gasteiger partial charge in [-0.25, -0.2) is 13.5 Å². The monoisotopic (exact) mass is 330 g/mol. The predicted octanol–water partition coefficient (Wildman–Crippen LogP) is 2.53. The summed E-state index contributed by atoms with van der Waals surface area (Å²) in [6.07, 6.45) is 0. The van der Waals surface area contributed by atoms with Gasteiger partial charge in [-0.1, -0.05) is 31.2 Å². The number of hydrogen-bond acceptors (Lipinski definition) is 4. The maximum absolute atomic E-state index is 13.3. The first-order valence-corrected chi connectivity index (χ1v) is 7.39. The van der Waals surface area contributed by atoms with Crippen molar-refractivity contribution in [3.05, 3.63) is 77.1 Å². The van der Waals surface area contributed by atoms with Crippen molar-refractivity contribution in [1.82, 2.24) is 20.2 Å². The Labute approximate surface area is 137 Å². The third-order valence-electron chi connectivity index (χ3n) is 4.24. The molecule has 1 heterocycles. The first kappa shape index (κ1) is 16.2. The van der Waals surface area contributed by atoms with Crippen molar-refractivity contribution in [3.8, 4) is 0 Å². The van der Waals surface area contributed by atoms with Crippen LogP contribution in [0.5, 0.6) is 0 Å². The van der Waals surface area contributed by atoms with E-state index in [1.54, 1.807) is 14.0 Å². The summed E-state index contributed by atoms with van der Waals surface area (Å²) >= 11 is 0. The number of benzene rings is 2. The summed E-state index contributed by atoms with van der Waals surface area (Å²) in [6.45, 7) is 1.76. The van der Waals surface area contributed by atoms with E-state index >= 15 is 0 Å². The van der Waals surface area contributed by atoms with Gasteiger partial charge in [0.15, 0.2) is 5.82 Å². The molecule has 0 spiro atoms. The van der Waals surface area contributed by atoms with Crippen molar-refractivity contribution in [3.63, 3.8) is 0 Å². The number of tetrazole rings is 1. The van der Waals surface area contributed by atoms with Gasteiger partial charge in [0.05, 0.1) is 5.92 Å². The van der Waals surface area contributed by atoms with E-state index in [1.807, 2.05) is 0 Å². The molecule has 1 unspecified atom stereocenters. The number of nitrogens with zero attached hydrogens (tertiary/aromatic N) is 4. The van der Waals surface area contributed by atoms with Gasteiger partial charge in [-0.3, -0.25) is 0 Å². The summed E-state index contributed by atoms with van der Waals surface area (Å²) < 4.78 is 28.1.